The van der Waals surface area contributed by atoms with Crippen LogP contribution in [0.1, 0.15) is 59.3 Å². The van der Waals surface area contributed by atoms with E-state index in [2.05, 4.69) is 31.1 Å². The molecule has 1 aliphatic carbocycles. The summed E-state index contributed by atoms with van der Waals surface area (Å²) >= 11 is 0. The number of rotatable bonds is 5. The quantitative estimate of drug-likeness (QED) is 0.572. The fourth-order valence-corrected chi connectivity index (χ4v) is 2.61. The minimum absolute atomic E-state index is 0.291. The zero-order valence-electron chi connectivity index (χ0n) is 11.8. The lowest BCUT2D eigenvalue weighted by Crippen LogP contribution is -2.35. The summed E-state index contributed by atoms with van der Waals surface area (Å²) < 4.78 is 0. The second-order valence-electron chi connectivity index (χ2n) is 5.95. The molecule has 1 fully saturated rings. The predicted molar refractivity (Wildman–Crippen MR) is 75.1 cm³/mol. The second kappa shape index (κ2) is 6.87. The standard InChI is InChI=1S/C14H29N3/c1-4-10-16-13(15)17-11-14(2,3)12-8-6-5-7-9-12/h12H,4-11H2,1-3H3,(H3,15,16,17). The zero-order chi connectivity index (χ0) is 12.7. The molecule has 1 rings (SSSR count). The van der Waals surface area contributed by atoms with Gasteiger partial charge in [-0.2, -0.15) is 0 Å². The number of hydrogen-bond donors (Lipinski definition) is 2. The van der Waals surface area contributed by atoms with Crippen LogP contribution in [0.25, 0.3) is 0 Å². The van der Waals surface area contributed by atoms with Crippen molar-refractivity contribution in [3.63, 3.8) is 0 Å². The van der Waals surface area contributed by atoms with Crippen molar-refractivity contribution in [2.75, 3.05) is 13.1 Å². The maximum atomic E-state index is 5.84. The van der Waals surface area contributed by atoms with Gasteiger partial charge in [0.05, 0.1) is 0 Å². The molecule has 3 N–H and O–H groups in total. The number of nitrogens with one attached hydrogen (secondary N) is 1. The maximum Gasteiger partial charge on any atom is 0.188 e. The van der Waals surface area contributed by atoms with Crippen molar-refractivity contribution in [2.24, 2.45) is 22.1 Å². The van der Waals surface area contributed by atoms with Crippen LogP contribution in [0.3, 0.4) is 0 Å². The van der Waals surface area contributed by atoms with Crippen LogP contribution in [0, 0.1) is 11.3 Å². The van der Waals surface area contributed by atoms with Crippen molar-refractivity contribution in [3.05, 3.63) is 0 Å². The van der Waals surface area contributed by atoms with Crippen molar-refractivity contribution >= 4 is 5.96 Å². The number of aliphatic imine (C=N–C) groups is 1. The lowest BCUT2D eigenvalue weighted by Gasteiger charge is -2.36. The first-order chi connectivity index (χ1) is 8.06. The number of nitrogens with two attached hydrogens (primary N) is 1. The van der Waals surface area contributed by atoms with Gasteiger partial charge in [0.15, 0.2) is 5.96 Å². The van der Waals surface area contributed by atoms with Crippen LogP contribution in [-0.4, -0.2) is 19.0 Å². The SMILES string of the molecule is CCCNC(N)=NCC(C)(C)C1CCCCC1. The van der Waals surface area contributed by atoms with E-state index >= 15 is 0 Å². The number of hydrogen-bond acceptors (Lipinski definition) is 1. The molecule has 0 amide bonds. The summed E-state index contributed by atoms with van der Waals surface area (Å²) in [4.78, 5) is 4.49. The van der Waals surface area contributed by atoms with Gasteiger partial charge in [0.1, 0.15) is 0 Å². The molecule has 3 nitrogen and oxygen atoms in total. The highest BCUT2D eigenvalue weighted by Crippen LogP contribution is 2.38. The Labute approximate surface area is 106 Å². The largest absolute Gasteiger partial charge is 0.370 e. The van der Waals surface area contributed by atoms with Gasteiger partial charge in [-0.25, -0.2) is 0 Å². The van der Waals surface area contributed by atoms with E-state index in [4.69, 9.17) is 5.73 Å². The Morgan fingerprint density at radius 2 is 1.94 bits per heavy atom. The second-order valence-corrected chi connectivity index (χ2v) is 5.95. The van der Waals surface area contributed by atoms with Gasteiger partial charge in [-0.3, -0.25) is 4.99 Å². The molecule has 17 heavy (non-hydrogen) atoms. The average molecular weight is 239 g/mol. The third kappa shape index (κ3) is 4.97. The molecule has 3 heteroatoms. The Bertz CT molecular complexity index is 240. The molecule has 0 atom stereocenters. The summed E-state index contributed by atoms with van der Waals surface area (Å²) in [6, 6.07) is 0. The van der Waals surface area contributed by atoms with E-state index in [0.717, 1.165) is 25.4 Å². The summed E-state index contributed by atoms with van der Waals surface area (Å²) in [6.45, 7) is 8.56. The van der Waals surface area contributed by atoms with Crippen LogP contribution >= 0.6 is 0 Å². The maximum absolute atomic E-state index is 5.84. The van der Waals surface area contributed by atoms with Crippen LogP contribution in [0.5, 0.6) is 0 Å². The highest BCUT2D eigenvalue weighted by atomic mass is 15.1. The van der Waals surface area contributed by atoms with Crippen LogP contribution in [0.4, 0.5) is 0 Å². The molecule has 0 radical (unpaired) electrons. The Hall–Kier alpha value is -0.730. The van der Waals surface area contributed by atoms with E-state index in [0.29, 0.717) is 11.4 Å². The molecule has 0 aromatic heterocycles. The summed E-state index contributed by atoms with van der Waals surface area (Å²) in [5, 5.41) is 3.14. The molecule has 0 aromatic rings. The first-order valence-corrected chi connectivity index (χ1v) is 7.10. The van der Waals surface area contributed by atoms with Gasteiger partial charge in [0.25, 0.3) is 0 Å². The van der Waals surface area contributed by atoms with Crippen LogP contribution < -0.4 is 11.1 Å². The molecular weight excluding hydrogens is 210 g/mol. The molecule has 1 aliphatic rings. The van der Waals surface area contributed by atoms with E-state index in [9.17, 15) is 0 Å². The van der Waals surface area contributed by atoms with E-state index in [1.165, 1.54) is 32.1 Å². The Morgan fingerprint density at radius 1 is 1.29 bits per heavy atom. The molecule has 0 heterocycles. The van der Waals surface area contributed by atoms with Crippen molar-refractivity contribution in [3.8, 4) is 0 Å². The summed E-state index contributed by atoms with van der Waals surface area (Å²) in [5.41, 5.74) is 6.13. The van der Waals surface area contributed by atoms with Gasteiger partial charge in [-0.1, -0.05) is 40.0 Å². The lowest BCUT2D eigenvalue weighted by atomic mass is 9.71. The van der Waals surface area contributed by atoms with Gasteiger partial charge >= 0.3 is 0 Å². The van der Waals surface area contributed by atoms with Gasteiger partial charge in [-0.15, -0.1) is 0 Å². The Morgan fingerprint density at radius 3 is 2.53 bits per heavy atom. The normalized spacial score (nSPS) is 19.4. The Kier molecular flexibility index (Phi) is 5.79. The van der Waals surface area contributed by atoms with Crippen molar-refractivity contribution in [1.82, 2.24) is 5.32 Å². The van der Waals surface area contributed by atoms with Crippen molar-refractivity contribution in [1.29, 1.82) is 0 Å². The average Bonchev–Trinajstić information content (AvgIpc) is 2.35. The molecule has 100 valence electrons. The van der Waals surface area contributed by atoms with Crippen LogP contribution in [0.15, 0.2) is 4.99 Å². The van der Waals surface area contributed by atoms with Gasteiger partial charge in [0.2, 0.25) is 0 Å². The number of nitrogens with zero attached hydrogens (tertiary/aromatic N) is 1. The lowest BCUT2D eigenvalue weighted by molar-refractivity contribution is 0.167. The molecule has 0 aromatic carbocycles. The van der Waals surface area contributed by atoms with Gasteiger partial charge in [-0.05, 0) is 30.6 Å². The monoisotopic (exact) mass is 239 g/mol. The Balaban J connectivity index is 2.41. The van der Waals surface area contributed by atoms with Crippen molar-refractivity contribution in [2.45, 2.75) is 59.3 Å². The van der Waals surface area contributed by atoms with Gasteiger partial charge in [0, 0.05) is 13.1 Å². The molecule has 0 bridgehead atoms. The topological polar surface area (TPSA) is 50.4 Å². The van der Waals surface area contributed by atoms with Crippen LogP contribution in [0.2, 0.25) is 0 Å². The zero-order valence-corrected chi connectivity index (χ0v) is 11.8. The summed E-state index contributed by atoms with van der Waals surface area (Å²) in [5.74, 6) is 1.43. The van der Waals surface area contributed by atoms with E-state index in [-0.39, 0.29) is 0 Å². The van der Waals surface area contributed by atoms with Crippen LogP contribution in [-0.2, 0) is 0 Å². The fourth-order valence-electron chi connectivity index (χ4n) is 2.61. The van der Waals surface area contributed by atoms with E-state index in [1.807, 2.05) is 0 Å². The molecule has 0 spiro atoms. The van der Waals surface area contributed by atoms with Gasteiger partial charge < -0.3 is 11.1 Å². The predicted octanol–water partition coefficient (Wildman–Crippen LogP) is 2.91. The van der Waals surface area contributed by atoms with E-state index < -0.39 is 0 Å². The third-order valence-corrected chi connectivity index (χ3v) is 3.92. The molecule has 0 unspecified atom stereocenters. The minimum Gasteiger partial charge on any atom is -0.370 e. The summed E-state index contributed by atoms with van der Waals surface area (Å²) in [6.07, 6.45) is 8.01. The molecule has 1 saturated carbocycles. The minimum atomic E-state index is 0.291. The third-order valence-electron chi connectivity index (χ3n) is 3.92. The first-order valence-electron chi connectivity index (χ1n) is 7.10. The smallest absolute Gasteiger partial charge is 0.188 e. The fraction of sp³-hybridized carbons (Fsp3) is 0.929. The van der Waals surface area contributed by atoms with E-state index in [1.54, 1.807) is 0 Å². The molecule has 0 saturated heterocycles. The highest BCUT2D eigenvalue weighted by Gasteiger charge is 2.30. The first kappa shape index (κ1) is 14.3. The molecular formula is C14H29N3. The number of guanidine groups is 1. The highest BCUT2D eigenvalue weighted by molar-refractivity contribution is 5.77. The summed E-state index contributed by atoms with van der Waals surface area (Å²) in [7, 11) is 0. The van der Waals surface area contributed by atoms with Crippen molar-refractivity contribution < 1.29 is 0 Å². The molecule has 0 aliphatic heterocycles.